The Hall–Kier alpha value is -0.440. The number of thiazole rings is 1. The number of halogens is 1. The first-order chi connectivity index (χ1) is 8.77. The lowest BCUT2D eigenvalue weighted by Crippen LogP contribution is -2.42. The molecule has 106 valence electrons. The van der Waals surface area contributed by atoms with E-state index >= 15 is 0 Å². The Labute approximate surface area is 126 Å². The third-order valence-corrected chi connectivity index (χ3v) is 6.43. The SMILES string of the molecule is Cc1nc(NC(=S)N[C@@H]2CS(=O)(=O)C[C@H]2Cl)sc1C. The number of hydrogen-bond donors (Lipinski definition) is 2. The van der Waals surface area contributed by atoms with Gasteiger partial charge in [0.25, 0.3) is 0 Å². The molecule has 0 unspecified atom stereocenters. The largest absolute Gasteiger partial charge is 0.357 e. The van der Waals surface area contributed by atoms with E-state index in [9.17, 15) is 8.42 Å². The highest BCUT2D eigenvalue weighted by Gasteiger charge is 2.36. The Kier molecular flexibility index (Phi) is 4.34. The fourth-order valence-electron chi connectivity index (χ4n) is 1.76. The zero-order valence-electron chi connectivity index (χ0n) is 10.4. The summed E-state index contributed by atoms with van der Waals surface area (Å²) in [6, 6.07) is -0.353. The lowest BCUT2D eigenvalue weighted by atomic mass is 10.3. The molecule has 2 heterocycles. The summed E-state index contributed by atoms with van der Waals surface area (Å²) in [5, 5.41) is 6.48. The number of sulfone groups is 1. The van der Waals surface area contributed by atoms with Crippen LogP contribution in [0.1, 0.15) is 10.6 Å². The molecule has 1 aromatic rings. The Morgan fingerprint density at radius 3 is 2.63 bits per heavy atom. The van der Waals surface area contributed by atoms with Crippen molar-refractivity contribution < 1.29 is 8.42 Å². The first-order valence-corrected chi connectivity index (χ1v) is 9.11. The molecular formula is C10H14ClN3O2S3. The number of aromatic nitrogens is 1. The summed E-state index contributed by atoms with van der Waals surface area (Å²) in [5.41, 5.74) is 0.953. The molecule has 0 amide bonds. The van der Waals surface area contributed by atoms with Gasteiger partial charge in [0.15, 0.2) is 20.1 Å². The van der Waals surface area contributed by atoms with E-state index in [1.165, 1.54) is 11.3 Å². The molecule has 0 spiro atoms. The Morgan fingerprint density at radius 2 is 2.16 bits per heavy atom. The van der Waals surface area contributed by atoms with Crippen molar-refractivity contribution in [1.82, 2.24) is 10.3 Å². The van der Waals surface area contributed by atoms with Gasteiger partial charge in [-0.2, -0.15) is 0 Å². The van der Waals surface area contributed by atoms with E-state index in [2.05, 4.69) is 15.6 Å². The van der Waals surface area contributed by atoms with Crippen molar-refractivity contribution >= 4 is 55.2 Å². The van der Waals surface area contributed by atoms with Crippen LogP contribution in [0.3, 0.4) is 0 Å². The zero-order chi connectivity index (χ0) is 14.2. The Bertz CT molecular complexity index is 580. The van der Waals surface area contributed by atoms with Crippen molar-refractivity contribution in [2.75, 3.05) is 16.8 Å². The molecule has 1 saturated heterocycles. The highest BCUT2D eigenvalue weighted by atomic mass is 35.5. The second kappa shape index (κ2) is 5.51. The maximum absolute atomic E-state index is 11.4. The van der Waals surface area contributed by atoms with Crippen molar-refractivity contribution in [3.05, 3.63) is 10.6 Å². The van der Waals surface area contributed by atoms with Crippen LogP contribution < -0.4 is 10.6 Å². The van der Waals surface area contributed by atoms with Crippen molar-refractivity contribution in [3.8, 4) is 0 Å². The van der Waals surface area contributed by atoms with Crippen LogP contribution in [0.2, 0.25) is 0 Å². The molecule has 1 aliphatic heterocycles. The highest BCUT2D eigenvalue weighted by molar-refractivity contribution is 7.91. The van der Waals surface area contributed by atoms with Gasteiger partial charge in [0, 0.05) is 4.88 Å². The maximum atomic E-state index is 11.4. The van der Waals surface area contributed by atoms with Gasteiger partial charge in [-0.1, -0.05) is 0 Å². The van der Waals surface area contributed by atoms with Gasteiger partial charge in [0.2, 0.25) is 0 Å². The summed E-state index contributed by atoms with van der Waals surface area (Å²) in [6.07, 6.45) is 0. The summed E-state index contributed by atoms with van der Waals surface area (Å²) >= 11 is 12.6. The average molecular weight is 340 g/mol. The summed E-state index contributed by atoms with van der Waals surface area (Å²) in [5.74, 6) is 0.00319. The van der Waals surface area contributed by atoms with Crippen LogP contribution in [0.25, 0.3) is 0 Å². The number of aryl methyl sites for hydroxylation is 2. The van der Waals surface area contributed by atoms with Crippen molar-refractivity contribution in [3.63, 3.8) is 0 Å². The van der Waals surface area contributed by atoms with E-state index in [0.29, 0.717) is 10.2 Å². The van der Waals surface area contributed by atoms with Gasteiger partial charge >= 0.3 is 0 Å². The number of nitrogens with one attached hydrogen (secondary N) is 2. The number of nitrogens with zero attached hydrogens (tertiary/aromatic N) is 1. The van der Waals surface area contributed by atoms with Gasteiger partial charge in [-0.25, -0.2) is 13.4 Å². The Balaban J connectivity index is 1.95. The molecule has 19 heavy (non-hydrogen) atoms. The third-order valence-electron chi connectivity index (χ3n) is 2.85. The zero-order valence-corrected chi connectivity index (χ0v) is 13.6. The number of hydrogen-bond acceptors (Lipinski definition) is 5. The van der Waals surface area contributed by atoms with Crippen LogP contribution in [0.5, 0.6) is 0 Å². The van der Waals surface area contributed by atoms with E-state index in [4.69, 9.17) is 23.8 Å². The standard InChI is InChI=1S/C10H14ClN3O2S3/c1-5-6(2)18-10(12-5)14-9(17)13-8-4-19(15,16)3-7(8)11/h7-8H,3-4H2,1-2H3,(H2,12,13,14,17)/t7-,8-/m1/s1. The van der Waals surface area contributed by atoms with Gasteiger partial charge in [-0.05, 0) is 26.1 Å². The summed E-state index contributed by atoms with van der Waals surface area (Å²) in [4.78, 5) is 5.42. The summed E-state index contributed by atoms with van der Waals surface area (Å²) in [6.45, 7) is 3.90. The molecule has 2 N–H and O–H groups in total. The maximum Gasteiger partial charge on any atom is 0.189 e. The van der Waals surface area contributed by atoms with E-state index in [1.54, 1.807) is 0 Å². The van der Waals surface area contributed by atoms with Crippen molar-refractivity contribution in [2.24, 2.45) is 0 Å². The van der Waals surface area contributed by atoms with E-state index < -0.39 is 15.2 Å². The van der Waals surface area contributed by atoms with Crippen LogP contribution in [-0.2, 0) is 9.84 Å². The minimum absolute atomic E-state index is 0.00962. The fourth-order valence-corrected chi connectivity index (χ4v) is 5.45. The lowest BCUT2D eigenvalue weighted by molar-refractivity contribution is 0.600. The molecule has 0 bridgehead atoms. The second-order valence-electron chi connectivity index (χ2n) is 4.46. The molecule has 5 nitrogen and oxygen atoms in total. The monoisotopic (exact) mass is 339 g/mol. The second-order valence-corrected chi connectivity index (χ2v) is 8.78. The number of anilines is 1. The predicted molar refractivity (Wildman–Crippen MR) is 83.0 cm³/mol. The van der Waals surface area contributed by atoms with Crippen molar-refractivity contribution in [2.45, 2.75) is 25.3 Å². The molecule has 9 heteroatoms. The van der Waals surface area contributed by atoms with Crippen molar-refractivity contribution in [1.29, 1.82) is 0 Å². The first-order valence-electron chi connectivity index (χ1n) is 5.63. The molecule has 2 atom stereocenters. The smallest absolute Gasteiger partial charge is 0.189 e. The Morgan fingerprint density at radius 1 is 1.47 bits per heavy atom. The number of thiocarbonyl (C=S) groups is 1. The molecule has 0 radical (unpaired) electrons. The van der Waals surface area contributed by atoms with Crippen LogP contribution in [0.15, 0.2) is 0 Å². The normalized spacial score (nSPS) is 25.2. The summed E-state index contributed by atoms with van der Waals surface area (Å²) < 4.78 is 22.9. The van der Waals surface area contributed by atoms with Gasteiger partial charge in [-0.3, -0.25) is 0 Å². The van der Waals surface area contributed by atoms with Gasteiger partial charge in [0.1, 0.15) is 0 Å². The number of alkyl halides is 1. The minimum atomic E-state index is -3.06. The fraction of sp³-hybridized carbons (Fsp3) is 0.600. The van der Waals surface area contributed by atoms with Gasteiger partial charge < -0.3 is 10.6 Å². The lowest BCUT2D eigenvalue weighted by Gasteiger charge is -2.16. The third kappa shape index (κ3) is 3.77. The van der Waals surface area contributed by atoms with Crippen LogP contribution in [-0.4, -0.2) is 41.4 Å². The molecule has 0 aromatic carbocycles. The molecule has 0 aliphatic carbocycles. The quantitative estimate of drug-likeness (QED) is 0.628. The summed E-state index contributed by atoms with van der Waals surface area (Å²) in [7, 11) is -3.06. The molecule has 0 saturated carbocycles. The topological polar surface area (TPSA) is 71.1 Å². The molecule has 1 aromatic heterocycles. The first kappa shape index (κ1) is 15.0. The minimum Gasteiger partial charge on any atom is -0.357 e. The van der Waals surface area contributed by atoms with E-state index in [1.807, 2.05) is 13.8 Å². The van der Waals surface area contributed by atoms with Crippen LogP contribution >= 0.6 is 35.2 Å². The van der Waals surface area contributed by atoms with E-state index in [-0.39, 0.29) is 17.5 Å². The molecule has 1 aliphatic rings. The molecule has 1 fully saturated rings. The van der Waals surface area contributed by atoms with Gasteiger partial charge in [-0.15, -0.1) is 22.9 Å². The predicted octanol–water partition coefficient (Wildman–Crippen LogP) is 1.45. The van der Waals surface area contributed by atoms with E-state index in [0.717, 1.165) is 10.6 Å². The average Bonchev–Trinajstić information content (AvgIpc) is 2.67. The van der Waals surface area contributed by atoms with Gasteiger partial charge in [0.05, 0.1) is 28.6 Å². The highest BCUT2D eigenvalue weighted by Crippen LogP contribution is 2.22. The number of rotatable bonds is 2. The van der Waals surface area contributed by atoms with Crippen LogP contribution in [0.4, 0.5) is 5.13 Å². The molecule has 2 rings (SSSR count). The van der Waals surface area contributed by atoms with Crippen LogP contribution in [0, 0.1) is 13.8 Å². The molecular weight excluding hydrogens is 326 g/mol.